The van der Waals surface area contributed by atoms with E-state index < -0.39 is 36.1 Å². The normalized spacial score (nSPS) is 39.5. The van der Waals surface area contributed by atoms with Gasteiger partial charge in [0.05, 0.1) is 24.0 Å². The lowest BCUT2D eigenvalue weighted by Gasteiger charge is -2.28. The Hall–Kier alpha value is -0.780. The summed E-state index contributed by atoms with van der Waals surface area (Å²) in [6.07, 6.45) is -4.77. The number of carbonyl (C=O) groups is 1. The van der Waals surface area contributed by atoms with Crippen molar-refractivity contribution in [2.75, 3.05) is 7.05 Å². The number of hydrogen-bond donors (Lipinski definition) is 1. The molecule has 4 atom stereocenters. The molecule has 1 N–H and O–H groups in total. The Labute approximate surface area is 85.0 Å². The fourth-order valence-electron chi connectivity index (χ4n) is 2.59. The molecule has 15 heavy (non-hydrogen) atoms. The van der Waals surface area contributed by atoms with Crippen LogP contribution in [-0.2, 0) is 9.53 Å². The predicted molar refractivity (Wildman–Crippen MR) is 45.0 cm³/mol. The van der Waals surface area contributed by atoms with Crippen LogP contribution in [0.4, 0.5) is 13.2 Å². The molecule has 0 aliphatic carbocycles. The Kier molecular flexibility index (Phi) is 2.41. The van der Waals surface area contributed by atoms with Crippen LogP contribution in [0.1, 0.15) is 12.8 Å². The minimum absolute atomic E-state index is 0.405. The summed E-state index contributed by atoms with van der Waals surface area (Å²) in [6, 6.07) is 0. The van der Waals surface area contributed by atoms with Gasteiger partial charge in [0.15, 0.2) is 0 Å². The van der Waals surface area contributed by atoms with E-state index in [1.54, 1.807) is 0 Å². The number of hydrogen-bond acceptors (Lipinski definition) is 2. The van der Waals surface area contributed by atoms with Gasteiger partial charge in [-0.2, -0.15) is 13.2 Å². The van der Waals surface area contributed by atoms with E-state index in [1.807, 2.05) is 0 Å². The lowest BCUT2D eigenvalue weighted by molar-refractivity contribution is -0.197. The molecule has 1 amide bonds. The van der Waals surface area contributed by atoms with Crippen LogP contribution in [0.15, 0.2) is 0 Å². The highest BCUT2D eigenvalue weighted by Gasteiger charge is 2.62. The van der Waals surface area contributed by atoms with Crippen LogP contribution in [0.2, 0.25) is 0 Å². The van der Waals surface area contributed by atoms with Crippen molar-refractivity contribution in [2.45, 2.75) is 31.2 Å². The van der Waals surface area contributed by atoms with Crippen molar-refractivity contribution in [3.8, 4) is 0 Å². The zero-order valence-electron chi connectivity index (χ0n) is 8.17. The van der Waals surface area contributed by atoms with E-state index in [4.69, 9.17) is 4.74 Å². The van der Waals surface area contributed by atoms with Gasteiger partial charge in [-0.1, -0.05) is 0 Å². The Balaban J connectivity index is 2.24. The number of amides is 1. The van der Waals surface area contributed by atoms with Crippen molar-refractivity contribution < 1.29 is 22.7 Å². The zero-order chi connectivity index (χ0) is 11.2. The maximum atomic E-state index is 12.7. The molecule has 2 aliphatic rings. The molecule has 6 heteroatoms. The zero-order valence-corrected chi connectivity index (χ0v) is 8.17. The van der Waals surface area contributed by atoms with Gasteiger partial charge in [0.25, 0.3) is 0 Å². The summed E-state index contributed by atoms with van der Waals surface area (Å²) in [6.45, 7) is 0. The molecule has 3 nitrogen and oxygen atoms in total. The van der Waals surface area contributed by atoms with Crippen LogP contribution in [0.3, 0.4) is 0 Å². The van der Waals surface area contributed by atoms with E-state index in [9.17, 15) is 18.0 Å². The number of rotatable bonds is 1. The van der Waals surface area contributed by atoms with Gasteiger partial charge >= 0.3 is 6.18 Å². The van der Waals surface area contributed by atoms with E-state index in [-0.39, 0.29) is 0 Å². The second-order valence-electron chi connectivity index (χ2n) is 4.00. The number of ether oxygens (including phenoxy) is 1. The average molecular weight is 223 g/mol. The quantitative estimate of drug-likeness (QED) is 0.722. The molecule has 0 radical (unpaired) electrons. The molecule has 2 bridgehead atoms. The standard InChI is InChI=1S/C9H12F3NO2/c1-13-8(14)6-4-2-3-5(15-4)7(6)9(10,11)12/h4-7H,2-3H2,1H3,(H,13,14)/t4?,5?,6-,7+/m0/s1. The minimum Gasteiger partial charge on any atom is -0.373 e. The topological polar surface area (TPSA) is 38.3 Å². The van der Waals surface area contributed by atoms with Crippen molar-refractivity contribution in [3.63, 3.8) is 0 Å². The van der Waals surface area contributed by atoms with Gasteiger partial charge in [-0.3, -0.25) is 4.79 Å². The van der Waals surface area contributed by atoms with Gasteiger partial charge in [0, 0.05) is 7.05 Å². The first kappa shape index (κ1) is 10.7. The predicted octanol–water partition coefficient (Wildman–Crippen LogP) is 1.09. The molecule has 2 aliphatic heterocycles. The van der Waals surface area contributed by atoms with E-state index in [2.05, 4.69) is 5.32 Å². The summed E-state index contributed by atoms with van der Waals surface area (Å²) in [7, 11) is 1.35. The Morgan fingerprint density at radius 1 is 1.33 bits per heavy atom. The summed E-state index contributed by atoms with van der Waals surface area (Å²) in [5.41, 5.74) is 0. The number of alkyl halides is 3. The first-order valence-corrected chi connectivity index (χ1v) is 4.89. The second-order valence-corrected chi connectivity index (χ2v) is 4.00. The Morgan fingerprint density at radius 3 is 2.47 bits per heavy atom. The van der Waals surface area contributed by atoms with Gasteiger partial charge in [0.2, 0.25) is 5.91 Å². The second kappa shape index (κ2) is 3.37. The SMILES string of the molecule is CNC(=O)[C@H]1C2CCC(O2)[C@H]1C(F)(F)F. The van der Waals surface area contributed by atoms with E-state index in [0.717, 1.165) is 0 Å². The van der Waals surface area contributed by atoms with Crippen LogP contribution < -0.4 is 5.32 Å². The summed E-state index contributed by atoms with van der Waals surface area (Å²) >= 11 is 0. The summed E-state index contributed by atoms with van der Waals surface area (Å²) in [4.78, 5) is 11.4. The Bertz CT molecular complexity index is 279. The van der Waals surface area contributed by atoms with Crippen molar-refractivity contribution in [1.82, 2.24) is 5.32 Å². The molecule has 0 aromatic carbocycles. The molecule has 2 saturated heterocycles. The number of fused-ring (bicyclic) bond motifs is 2. The van der Waals surface area contributed by atoms with Crippen LogP contribution in [0, 0.1) is 11.8 Å². The molecular formula is C9H12F3NO2. The highest BCUT2D eigenvalue weighted by atomic mass is 19.4. The number of halogens is 3. The minimum atomic E-state index is -4.35. The van der Waals surface area contributed by atoms with E-state index in [1.165, 1.54) is 7.05 Å². The number of nitrogens with one attached hydrogen (secondary N) is 1. The molecule has 0 aromatic heterocycles. The average Bonchev–Trinajstić information content (AvgIpc) is 2.73. The van der Waals surface area contributed by atoms with E-state index in [0.29, 0.717) is 12.8 Å². The Morgan fingerprint density at radius 2 is 1.93 bits per heavy atom. The third kappa shape index (κ3) is 1.60. The van der Waals surface area contributed by atoms with Crippen LogP contribution in [-0.4, -0.2) is 31.3 Å². The van der Waals surface area contributed by atoms with Gasteiger partial charge in [-0.25, -0.2) is 0 Å². The summed E-state index contributed by atoms with van der Waals surface area (Å²) in [5, 5.41) is 2.27. The molecule has 2 fully saturated rings. The smallest absolute Gasteiger partial charge is 0.373 e. The first-order valence-electron chi connectivity index (χ1n) is 4.89. The van der Waals surface area contributed by atoms with Gasteiger partial charge < -0.3 is 10.1 Å². The highest BCUT2D eigenvalue weighted by Crippen LogP contribution is 2.50. The van der Waals surface area contributed by atoms with Crippen molar-refractivity contribution >= 4 is 5.91 Å². The van der Waals surface area contributed by atoms with Crippen LogP contribution in [0.25, 0.3) is 0 Å². The summed E-state index contributed by atoms with van der Waals surface area (Å²) in [5.74, 6) is -3.26. The number of carbonyl (C=O) groups excluding carboxylic acids is 1. The lowest BCUT2D eigenvalue weighted by atomic mass is 9.78. The molecule has 0 saturated carbocycles. The molecule has 2 heterocycles. The van der Waals surface area contributed by atoms with Gasteiger partial charge in [-0.15, -0.1) is 0 Å². The highest BCUT2D eigenvalue weighted by molar-refractivity contribution is 5.80. The molecular weight excluding hydrogens is 211 g/mol. The van der Waals surface area contributed by atoms with Crippen LogP contribution in [0.5, 0.6) is 0 Å². The lowest BCUT2D eigenvalue weighted by Crippen LogP contribution is -2.45. The van der Waals surface area contributed by atoms with Crippen LogP contribution >= 0.6 is 0 Å². The maximum Gasteiger partial charge on any atom is 0.395 e. The third-order valence-corrected chi connectivity index (χ3v) is 3.20. The van der Waals surface area contributed by atoms with Crippen molar-refractivity contribution in [2.24, 2.45) is 11.8 Å². The van der Waals surface area contributed by atoms with Crippen molar-refractivity contribution in [3.05, 3.63) is 0 Å². The van der Waals surface area contributed by atoms with Gasteiger partial charge in [0.1, 0.15) is 0 Å². The largest absolute Gasteiger partial charge is 0.395 e. The molecule has 2 unspecified atom stereocenters. The molecule has 0 aromatic rings. The molecule has 2 rings (SSSR count). The molecule has 0 spiro atoms. The fourth-order valence-corrected chi connectivity index (χ4v) is 2.59. The first-order chi connectivity index (χ1) is 6.95. The monoisotopic (exact) mass is 223 g/mol. The maximum absolute atomic E-state index is 12.7. The third-order valence-electron chi connectivity index (χ3n) is 3.20. The van der Waals surface area contributed by atoms with Gasteiger partial charge in [-0.05, 0) is 12.8 Å². The molecule has 86 valence electrons. The van der Waals surface area contributed by atoms with E-state index >= 15 is 0 Å². The summed E-state index contributed by atoms with van der Waals surface area (Å²) < 4.78 is 43.3. The van der Waals surface area contributed by atoms with Crippen molar-refractivity contribution in [1.29, 1.82) is 0 Å². The fraction of sp³-hybridized carbons (Fsp3) is 0.889.